The quantitative estimate of drug-likeness (QED) is 0.532. The number of aromatic nitrogens is 2. The maximum absolute atomic E-state index is 4.58. The van der Waals surface area contributed by atoms with Crippen LogP contribution in [0.1, 0.15) is 17.8 Å². The molecule has 0 aliphatic heterocycles. The van der Waals surface area contributed by atoms with Crippen molar-refractivity contribution in [2.75, 3.05) is 0 Å². The van der Waals surface area contributed by atoms with E-state index in [-0.39, 0.29) is 0 Å². The zero-order valence-corrected chi connectivity index (χ0v) is 12.9. The van der Waals surface area contributed by atoms with Crippen molar-refractivity contribution in [2.45, 2.75) is 19.3 Å². The zero-order chi connectivity index (χ0) is 15.5. The summed E-state index contributed by atoms with van der Waals surface area (Å²) < 4.78 is 0. The number of benzene rings is 2. The molecule has 0 saturated carbocycles. The van der Waals surface area contributed by atoms with Gasteiger partial charge in [0.05, 0.1) is 0 Å². The van der Waals surface area contributed by atoms with Crippen LogP contribution < -0.4 is 0 Å². The van der Waals surface area contributed by atoms with Gasteiger partial charge in [0, 0.05) is 34.6 Å². The highest BCUT2D eigenvalue weighted by Crippen LogP contribution is 2.20. The highest BCUT2D eigenvalue weighted by molar-refractivity contribution is 5.85. The van der Waals surface area contributed by atoms with Crippen molar-refractivity contribution >= 4 is 21.5 Å². The Bertz CT molecular complexity index is 870. The van der Waals surface area contributed by atoms with Gasteiger partial charge < -0.3 is 0 Å². The first-order valence-electron chi connectivity index (χ1n) is 8.07. The van der Waals surface area contributed by atoms with E-state index in [1.54, 1.807) is 0 Å². The van der Waals surface area contributed by atoms with E-state index in [2.05, 4.69) is 70.6 Å². The molecule has 0 fully saturated rings. The molecule has 0 atom stereocenters. The van der Waals surface area contributed by atoms with E-state index < -0.39 is 0 Å². The second kappa shape index (κ2) is 6.17. The second-order valence-electron chi connectivity index (χ2n) is 5.81. The van der Waals surface area contributed by atoms with E-state index >= 15 is 0 Å². The molecular formula is C21H18N2. The Morgan fingerprint density at radius 2 is 1.04 bits per heavy atom. The van der Waals surface area contributed by atoms with Crippen molar-refractivity contribution in [1.29, 1.82) is 0 Å². The first kappa shape index (κ1) is 13.9. The van der Waals surface area contributed by atoms with E-state index in [1.807, 2.05) is 12.4 Å². The van der Waals surface area contributed by atoms with Crippen LogP contribution in [0, 0.1) is 0 Å². The van der Waals surface area contributed by atoms with Crippen LogP contribution in [0.15, 0.2) is 73.1 Å². The number of nitrogens with zero attached hydrogens (tertiary/aromatic N) is 2. The Hall–Kier alpha value is -2.74. The van der Waals surface area contributed by atoms with Gasteiger partial charge in [-0.2, -0.15) is 0 Å². The summed E-state index contributed by atoms with van der Waals surface area (Å²) in [4.78, 5) is 9.16. The fourth-order valence-electron chi connectivity index (χ4n) is 3.19. The van der Waals surface area contributed by atoms with Gasteiger partial charge in [-0.15, -0.1) is 0 Å². The molecule has 0 N–H and O–H groups in total. The van der Waals surface area contributed by atoms with Crippen molar-refractivity contribution < 1.29 is 0 Å². The summed E-state index contributed by atoms with van der Waals surface area (Å²) in [5.41, 5.74) is 2.37. The van der Waals surface area contributed by atoms with Crippen molar-refractivity contribution in [2.24, 2.45) is 0 Å². The van der Waals surface area contributed by atoms with Gasteiger partial charge in [-0.1, -0.05) is 48.5 Å². The van der Waals surface area contributed by atoms with Crippen LogP contribution in [0.25, 0.3) is 21.5 Å². The van der Waals surface area contributed by atoms with Gasteiger partial charge in [0.25, 0.3) is 0 Å². The Morgan fingerprint density at radius 3 is 1.57 bits per heavy atom. The number of rotatable bonds is 4. The molecule has 4 aromatic rings. The summed E-state index contributed by atoms with van der Waals surface area (Å²) in [6.07, 6.45) is 6.84. The van der Waals surface area contributed by atoms with Crippen molar-refractivity contribution in [3.05, 3.63) is 84.4 Å². The minimum atomic E-state index is 0.978. The SMILES string of the molecule is c1ccc2c(CCCc3nccc4ccccc34)nccc2c1. The average Bonchev–Trinajstić information content (AvgIpc) is 2.62. The highest BCUT2D eigenvalue weighted by atomic mass is 14.7. The van der Waals surface area contributed by atoms with Crippen LogP contribution in [-0.2, 0) is 12.8 Å². The van der Waals surface area contributed by atoms with Crippen LogP contribution in [0.4, 0.5) is 0 Å². The molecule has 0 bridgehead atoms. The Labute approximate surface area is 135 Å². The summed E-state index contributed by atoms with van der Waals surface area (Å²) in [6.45, 7) is 0. The van der Waals surface area contributed by atoms with Gasteiger partial charge in [-0.25, -0.2) is 0 Å². The predicted molar refractivity (Wildman–Crippen MR) is 95.5 cm³/mol. The molecule has 23 heavy (non-hydrogen) atoms. The molecule has 0 aliphatic carbocycles. The topological polar surface area (TPSA) is 25.8 Å². The Morgan fingerprint density at radius 1 is 0.565 bits per heavy atom. The second-order valence-corrected chi connectivity index (χ2v) is 5.81. The van der Waals surface area contributed by atoms with Gasteiger partial charge >= 0.3 is 0 Å². The summed E-state index contributed by atoms with van der Waals surface area (Å²) in [5.74, 6) is 0. The van der Waals surface area contributed by atoms with Gasteiger partial charge in [-0.05, 0) is 42.2 Å². The van der Waals surface area contributed by atoms with Crippen LogP contribution in [0.2, 0.25) is 0 Å². The predicted octanol–water partition coefficient (Wildman–Crippen LogP) is 4.96. The van der Waals surface area contributed by atoms with Crippen LogP contribution in [0.3, 0.4) is 0 Å². The number of fused-ring (bicyclic) bond motifs is 2. The van der Waals surface area contributed by atoms with Gasteiger partial charge in [0.1, 0.15) is 0 Å². The largest absolute Gasteiger partial charge is 0.261 e. The lowest BCUT2D eigenvalue weighted by Crippen LogP contribution is -1.96. The van der Waals surface area contributed by atoms with Crippen molar-refractivity contribution in [3.63, 3.8) is 0 Å². The first-order valence-corrected chi connectivity index (χ1v) is 8.07. The molecule has 2 nitrogen and oxygen atoms in total. The maximum Gasteiger partial charge on any atom is 0.0481 e. The maximum atomic E-state index is 4.58. The lowest BCUT2D eigenvalue weighted by molar-refractivity contribution is 0.792. The van der Waals surface area contributed by atoms with Crippen LogP contribution >= 0.6 is 0 Å². The van der Waals surface area contributed by atoms with E-state index in [4.69, 9.17) is 0 Å². The van der Waals surface area contributed by atoms with Crippen molar-refractivity contribution in [3.8, 4) is 0 Å². The summed E-state index contributed by atoms with van der Waals surface area (Å²) in [5, 5.41) is 5.06. The molecule has 0 saturated heterocycles. The smallest absolute Gasteiger partial charge is 0.0481 e. The van der Waals surface area contributed by atoms with Crippen molar-refractivity contribution in [1.82, 2.24) is 9.97 Å². The van der Waals surface area contributed by atoms with E-state index in [9.17, 15) is 0 Å². The Kier molecular flexibility index (Phi) is 3.73. The van der Waals surface area contributed by atoms with Gasteiger partial charge in [0.2, 0.25) is 0 Å². The van der Waals surface area contributed by atoms with Gasteiger partial charge in [-0.3, -0.25) is 9.97 Å². The minimum Gasteiger partial charge on any atom is -0.261 e. The summed E-state index contributed by atoms with van der Waals surface area (Å²) >= 11 is 0. The van der Waals surface area contributed by atoms with E-state index in [1.165, 1.54) is 32.9 Å². The molecule has 0 unspecified atom stereocenters. The van der Waals surface area contributed by atoms with Crippen LogP contribution in [0.5, 0.6) is 0 Å². The highest BCUT2D eigenvalue weighted by Gasteiger charge is 2.05. The molecule has 4 rings (SSSR count). The first-order chi connectivity index (χ1) is 11.4. The molecule has 0 amide bonds. The van der Waals surface area contributed by atoms with E-state index in [0.717, 1.165) is 19.3 Å². The lowest BCUT2D eigenvalue weighted by atomic mass is 10.0. The molecular weight excluding hydrogens is 280 g/mol. The third-order valence-corrected chi connectivity index (χ3v) is 4.34. The summed E-state index contributed by atoms with van der Waals surface area (Å²) in [6, 6.07) is 21.1. The fraction of sp³-hybridized carbons (Fsp3) is 0.143. The molecule has 0 radical (unpaired) electrons. The normalized spacial score (nSPS) is 11.1. The van der Waals surface area contributed by atoms with E-state index in [0.29, 0.717) is 0 Å². The standard InChI is InChI=1S/C21H18N2/c1-3-8-18-16(6-1)12-14-22-20(18)10-5-11-21-19-9-4-2-7-17(19)13-15-23-21/h1-4,6-9,12-15H,5,10-11H2. The molecule has 2 heterocycles. The number of pyridine rings is 2. The van der Waals surface area contributed by atoms with Gasteiger partial charge in [0.15, 0.2) is 0 Å². The fourth-order valence-corrected chi connectivity index (χ4v) is 3.19. The molecule has 2 heteroatoms. The molecule has 112 valence electrons. The summed E-state index contributed by atoms with van der Waals surface area (Å²) in [7, 11) is 0. The monoisotopic (exact) mass is 298 g/mol. The Balaban J connectivity index is 1.55. The molecule has 2 aromatic heterocycles. The molecule has 0 spiro atoms. The minimum absolute atomic E-state index is 0.978. The number of hydrogen-bond donors (Lipinski definition) is 0. The zero-order valence-electron chi connectivity index (χ0n) is 12.9. The lowest BCUT2D eigenvalue weighted by Gasteiger charge is -2.07. The third-order valence-electron chi connectivity index (χ3n) is 4.34. The number of aryl methyl sites for hydroxylation is 2. The molecule has 0 aliphatic rings. The number of hydrogen-bond acceptors (Lipinski definition) is 2. The average molecular weight is 298 g/mol. The van der Waals surface area contributed by atoms with Crippen LogP contribution in [-0.4, -0.2) is 9.97 Å². The molecule has 2 aromatic carbocycles. The third kappa shape index (κ3) is 2.80.